The van der Waals surface area contributed by atoms with E-state index in [0.717, 1.165) is 5.56 Å². The van der Waals surface area contributed by atoms with Crippen LogP contribution in [0.3, 0.4) is 0 Å². The fourth-order valence-electron chi connectivity index (χ4n) is 3.02. The zero-order chi connectivity index (χ0) is 18.7. The Hall–Kier alpha value is -1.60. The van der Waals surface area contributed by atoms with Gasteiger partial charge in [-0.25, -0.2) is 4.79 Å². The molecule has 5 nitrogen and oxygen atoms in total. The number of nitrogens with zero attached hydrogens (tertiary/aromatic N) is 2. The number of ether oxygens (including phenoxy) is 1. The van der Waals surface area contributed by atoms with E-state index in [4.69, 9.17) is 27.9 Å². The molecule has 8 heteroatoms. The van der Waals surface area contributed by atoms with Crippen LogP contribution in [0, 0.1) is 0 Å². The number of thiophene rings is 1. The van der Waals surface area contributed by atoms with Gasteiger partial charge in [0.05, 0.1) is 16.3 Å². The van der Waals surface area contributed by atoms with Crippen molar-refractivity contribution in [2.45, 2.75) is 6.04 Å². The van der Waals surface area contributed by atoms with Crippen LogP contribution >= 0.6 is 34.5 Å². The molecule has 1 aromatic heterocycles. The predicted octanol–water partition coefficient (Wildman–Crippen LogP) is 3.73. The topological polar surface area (TPSA) is 49.9 Å². The molecular formula is C18H18Cl2N2O3S. The van der Waals surface area contributed by atoms with E-state index in [2.05, 4.69) is 0 Å². The molecule has 138 valence electrons. The monoisotopic (exact) mass is 412 g/mol. The summed E-state index contributed by atoms with van der Waals surface area (Å²) in [6.07, 6.45) is 0. The van der Waals surface area contributed by atoms with Crippen molar-refractivity contribution >= 4 is 46.4 Å². The summed E-state index contributed by atoms with van der Waals surface area (Å²) in [4.78, 5) is 29.3. The number of carbonyl (C=O) groups excluding carboxylic acids is 2. The number of rotatable bonds is 4. The maximum Gasteiger partial charge on any atom is 0.327 e. The lowest BCUT2D eigenvalue weighted by Crippen LogP contribution is -2.51. The van der Waals surface area contributed by atoms with Crippen LogP contribution in [0.2, 0.25) is 9.36 Å². The summed E-state index contributed by atoms with van der Waals surface area (Å²) in [7, 11) is 1.38. The van der Waals surface area contributed by atoms with Crippen LogP contribution in [0.15, 0.2) is 36.4 Å². The van der Waals surface area contributed by atoms with Gasteiger partial charge >= 0.3 is 5.97 Å². The molecule has 1 saturated heterocycles. The quantitative estimate of drug-likeness (QED) is 0.717. The number of carbonyl (C=O) groups is 2. The number of esters is 1. The molecule has 1 unspecified atom stereocenters. The Morgan fingerprint density at radius 1 is 1.04 bits per heavy atom. The molecule has 0 bridgehead atoms. The highest BCUT2D eigenvalue weighted by Crippen LogP contribution is 2.27. The van der Waals surface area contributed by atoms with E-state index in [0.29, 0.717) is 40.4 Å². The number of benzene rings is 1. The number of amides is 1. The zero-order valence-corrected chi connectivity index (χ0v) is 16.5. The largest absolute Gasteiger partial charge is 0.468 e. The standard InChI is InChI=1S/C18H18Cl2N2O3S/c1-25-18(24)16(12-2-4-13(19)5-3-12)21-8-10-22(11-9-21)17(23)14-6-7-15(20)26-14/h2-7,16H,8-11H2,1H3. The van der Waals surface area contributed by atoms with Crippen molar-refractivity contribution in [1.82, 2.24) is 9.80 Å². The van der Waals surface area contributed by atoms with Crippen molar-refractivity contribution in [2.75, 3.05) is 33.3 Å². The third kappa shape index (κ3) is 4.20. The molecule has 3 rings (SSSR count). The van der Waals surface area contributed by atoms with Crippen LogP contribution in [0.1, 0.15) is 21.3 Å². The molecular weight excluding hydrogens is 395 g/mol. The van der Waals surface area contributed by atoms with E-state index in [-0.39, 0.29) is 11.9 Å². The third-order valence-corrected chi connectivity index (χ3v) is 5.83. The van der Waals surface area contributed by atoms with Gasteiger partial charge in [-0.3, -0.25) is 9.69 Å². The Morgan fingerprint density at radius 3 is 2.23 bits per heavy atom. The Morgan fingerprint density at radius 2 is 1.69 bits per heavy atom. The van der Waals surface area contributed by atoms with Gasteiger partial charge in [0.15, 0.2) is 0 Å². The van der Waals surface area contributed by atoms with Crippen LogP contribution in [-0.4, -0.2) is 55.0 Å². The maximum atomic E-state index is 12.5. The van der Waals surface area contributed by atoms with Gasteiger partial charge in [0.1, 0.15) is 6.04 Å². The SMILES string of the molecule is COC(=O)C(c1ccc(Cl)cc1)N1CCN(C(=O)c2ccc(Cl)s2)CC1. The average molecular weight is 413 g/mol. The van der Waals surface area contributed by atoms with Crippen LogP contribution in [0.5, 0.6) is 0 Å². The second-order valence-electron chi connectivity index (χ2n) is 5.91. The van der Waals surface area contributed by atoms with Gasteiger partial charge in [0.2, 0.25) is 0 Å². The molecule has 0 N–H and O–H groups in total. The summed E-state index contributed by atoms with van der Waals surface area (Å²) in [5.41, 5.74) is 0.825. The first-order valence-corrected chi connectivity index (χ1v) is 9.69. The van der Waals surface area contributed by atoms with E-state index in [1.165, 1.54) is 18.4 Å². The summed E-state index contributed by atoms with van der Waals surface area (Å²) >= 11 is 13.1. The van der Waals surface area contributed by atoms with Gasteiger partial charge in [-0.05, 0) is 29.8 Å². The molecule has 1 atom stereocenters. The van der Waals surface area contributed by atoms with Crippen LogP contribution in [-0.2, 0) is 9.53 Å². The van der Waals surface area contributed by atoms with Crippen molar-refractivity contribution in [2.24, 2.45) is 0 Å². The van der Waals surface area contributed by atoms with Crippen molar-refractivity contribution in [3.05, 3.63) is 56.2 Å². The van der Waals surface area contributed by atoms with E-state index in [1.54, 1.807) is 29.2 Å². The third-order valence-electron chi connectivity index (χ3n) is 4.36. The fraction of sp³-hybridized carbons (Fsp3) is 0.333. The van der Waals surface area contributed by atoms with E-state index >= 15 is 0 Å². The average Bonchev–Trinajstić information content (AvgIpc) is 3.09. The summed E-state index contributed by atoms with van der Waals surface area (Å²) in [5.74, 6) is -0.347. The molecule has 1 aromatic carbocycles. The molecule has 1 fully saturated rings. The molecule has 1 amide bonds. The van der Waals surface area contributed by atoms with Gasteiger partial charge in [-0.2, -0.15) is 0 Å². The van der Waals surface area contributed by atoms with Gasteiger partial charge in [0.25, 0.3) is 5.91 Å². The maximum absolute atomic E-state index is 12.5. The molecule has 26 heavy (non-hydrogen) atoms. The second-order valence-corrected chi connectivity index (χ2v) is 8.06. The normalized spacial score (nSPS) is 16.3. The van der Waals surface area contributed by atoms with E-state index in [1.807, 2.05) is 17.0 Å². The highest BCUT2D eigenvalue weighted by Gasteiger charge is 2.32. The molecule has 0 aliphatic carbocycles. The Balaban J connectivity index is 1.70. The van der Waals surface area contributed by atoms with Crippen LogP contribution in [0.4, 0.5) is 0 Å². The van der Waals surface area contributed by atoms with Gasteiger partial charge in [0, 0.05) is 31.2 Å². The zero-order valence-electron chi connectivity index (χ0n) is 14.2. The summed E-state index contributed by atoms with van der Waals surface area (Å²) in [6.45, 7) is 2.23. The lowest BCUT2D eigenvalue weighted by molar-refractivity contribution is -0.148. The number of piperazine rings is 1. The molecule has 2 heterocycles. The van der Waals surface area contributed by atoms with Crippen molar-refractivity contribution in [3.63, 3.8) is 0 Å². The first-order valence-electron chi connectivity index (χ1n) is 8.11. The van der Waals surface area contributed by atoms with Crippen molar-refractivity contribution in [3.8, 4) is 0 Å². The van der Waals surface area contributed by atoms with Crippen molar-refractivity contribution in [1.29, 1.82) is 0 Å². The molecule has 0 saturated carbocycles. The smallest absolute Gasteiger partial charge is 0.327 e. The number of hydrogen-bond acceptors (Lipinski definition) is 5. The van der Waals surface area contributed by atoms with E-state index in [9.17, 15) is 9.59 Å². The minimum atomic E-state index is -0.509. The minimum absolute atomic E-state index is 0.0253. The Labute approximate surface area is 166 Å². The minimum Gasteiger partial charge on any atom is -0.468 e. The fourth-order valence-corrected chi connectivity index (χ4v) is 4.16. The lowest BCUT2D eigenvalue weighted by Gasteiger charge is -2.38. The molecule has 1 aliphatic rings. The Bertz CT molecular complexity index is 786. The van der Waals surface area contributed by atoms with Crippen LogP contribution in [0.25, 0.3) is 0 Å². The predicted molar refractivity (Wildman–Crippen MR) is 103 cm³/mol. The Kier molecular flexibility index (Phi) is 6.19. The lowest BCUT2D eigenvalue weighted by atomic mass is 10.0. The van der Waals surface area contributed by atoms with Gasteiger partial charge in [-0.15, -0.1) is 11.3 Å². The molecule has 0 radical (unpaired) electrons. The van der Waals surface area contributed by atoms with Crippen LogP contribution < -0.4 is 0 Å². The molecule has 0 spiro atoms. The van der Waals surface area contributed by atoms with Gasteiger partial charge < -0.3 is 9.64 Å². The van der Waals surface area contributed by atoms with Gasteiger partial charge in [-0.1, -0.05) is 35.3 Å². The molecule has 2 aromatic rings. The molecule has 1 aliphatic heterocycles. The first-order chi connectivity index (χ1) is 12.5. The first kappa shape index (κ1) is 19.2. The summed E-state index contributed by atoms with van der Waals surface area (Å²) < 4.78 is 5.59. The summed E-state index contributed by atoms with van der Waals surface area (Å²) in [6, 6.07) is 10.1. The second kappa shape index (κ2) is 8.39. The number of halogens is 2. The number of hydrogen-bond donors (Lipinski definition) is 0. The van der Waals surface area contributed by atoms with E-state index < -0.39 is 6.04 Å². The highest BCUT2D eigenvalue weighted by molar-refractivity contribution is 7.17. The summed E-state index contributed by atoms with van der Waals surface area (Å²) in [5, 5.41) is 0.613. The van der Waals surface area contributed by atoms with Crippen molar-refractivity contribution < 1.29 is 14.3 Å². The highest BCUT2D eigenvalue weighted by atomic mass is 35.5. The number of methoxy groups -OCH3 is 1.